The normalized spacial score (nSPS) is 15.4. The fraction of sp³-hybridized carbons (Fsp3) is 0.250. The molecule has 0 spiro atoms. The van der Waals surface area contributed by atoms with Gasteiger partial charge in [0.1, 0.15) is 0 Å². The summed E-state index contributed by atoms with van der Waals surface area (Å²) in [6.07, 6.45) is 0.394. The van der Waals surface area contributed by atoms with Crippen LogP contribution in [0.1, 0.15) is 13.3 Å². The molecule has 2 aromatic rings. The van der Waals surface area contributed by atoms with Crippen LogP contribution in [-0.4, -0.2) is 38.4 Å². The molecule has 2 aromatic carbocycles. The highest BCUT2D eigenvalue weighted by Gasteiger charge is 2.32. The lowest BCUT2D eigenvalue weighted by Crippen LogP contribution is -2.40. The molecule has 0 unspecified atom stereocenters. The van der Waals surface area contributed by atoms with Crippen LogP contribution >= 0.6 is 22.6 Å². The minimum absolute atomic E-state index is 0.0260. The Kier molecular flexibility index (Phi) is 6.73. The van der Waals surface area contributed by atoms with Crippen molar-refractivity contribution < 1.29 is 17.9 Å². The van der Waals surface area contributed by atoms with Gasteiger partial charge in [0, 0.05) is 28.8 Å². The second kappa shape index (κ2) is 9.06. The van der Waals surface area contributed by atoms with Crippen molar-refractivity contribution in [3.05, 3.63) is 69.4 Å². The molecule has 0 bridgehead atoms. The molecule has 0 radical (unpaired) electrons. The van der Waals surface area contributed by atoms with Gasteiger partial charge in [-0.15, -0.1) is 0 Å². The smallest absolute Gasteiger partial charge is 0.337 e. The number of hydrogen-bond acceptors (Lipinski definition) is 5. The monoisotopic (exact) mass is 512 g/mol. The summed E-state index contributed by atoms with van der Waals surface area (Å²) in [5, 5.41) is 3.30. The molecule has 1 aliphatic heterocycles. The highest BCUT2D eigenvalue weighted by atomic mass is 127. The van der Waals surface area contributed by atoms with Crippen LogP contribution in [0.15, 0.2) is 70.8 Å². The lowest BCUT2D eigenvalue weighted by atomic mass is 10.1. The van der Waals surface area contributed by atoms with Crippen molar-refractivity contribution in [2.24, 2.45) is 0 Å². The molecule has 8 heteroatoms. The van der Waals surface area contributed by atoms with Gasteiger partial charge in [-0.05, 0) is 53.8 Å². The molecule has 0 aliphatic carbocycles. The van der Waals surface area contributed by atoms with E-state index in [-0.39, 0.29) is 24.6 Å². The molecule has 28 heavy (non-hydrogen) atoms. The topological polar surface area (TPSA) is 75.7 Å². The third-order valence-corrected chi connectivity index (χ3v) is 7.17. The zero-order valence-corrected chi connectivity index (χ0v) is 18.4. The number of carbonyl (C=O) groups excluding carboxylic acids is 1. The summed E-state index contributed by atoms with van der Waals surface area (Å²) in [5.74, 6) is -0.496. The first-order chi connectivity index (χ1) is 13.4. The summed E-state index contributed by atoms with van der Waals surface area (Å²) < 4.78 is 33.4. The quantitative estimate of drug-likeness (QED) is 0.473. The number of hydrogen-bond donors (Lipinski definition) is 1. The molecule has 0 atom stereocenters. The van der Waals surface area contributed by atoms with E-state index in [2.05, 4.69) is 27.9 Å². The SMILES string of the molecule is CCOC(=O)C1=C(Nc2ccccc2I)CCN(S(=O)(=O)c2ccccc2)C1. The van der Waals surface area contributed by atoms with E-state index < -0.39 is 16.0 Å². The Balaban J connectivity index is 1.93. The van der Waals surface area contributed by atoms with Gasteiger partial charge in [0.25, 0.3) is 0 Å². The van der Waals surface area contributed by atoms with E-state index in [0.717, 1.165) is 9.26 Å². The summed E-state index contributed by atoms with van der Waals surface area (Å²) in [4.78, 5) is 12.8. The van der Waals surface area contributed by atoms with Gasteiger partial charge < -0.3 is 10.1 Å². The predicted octanol–water partition coefficient (Wildman–Crippen LogP) is 3.61. The number of para-hydroxylation sites is 1. The van der Waals surface area contributed by atoms with Gasteiger partial charge >= 0.3 is 5.97 Å². The highest BCUT2D eigenvalue weighted by molar-refractivity contribution is 14.1. The maximum atomic E-state index is 13.0. The molecule has 0 fully saturated rings. The second-order valence-electron chi connectivity index (χ2n) is 6.18. The van der Waals surface area contributed by atoms with Crippen LogP contribution in [0.4, 0.5) is 5.69 Å². The summed E-state index contributed by atoms with van der Waals surface area (Å²) >= 11 is 2.21. The maximum absolute atomic E-state index is 13.0. The third kappa shape index (κ3) is 4.56. The first kappa shape index (κ1) is 20.8. The number of esters is 1. The van der Waals surface area contributed by atoms with Crippen LogP contribution in [0.25, 0.3) is 0 Å². The van der Waals surface area contributed by atoms with E-state index in [9.17, 15) is 13.2 Å². The fourth-order valence-corrected chi connectivity index (χ4v) is 4.91. The molecule has 1 N–H and O–H groups in total. The number of anilines is 1. The molecule has 0 saturated carbocycles. The Bertz CT molecular complexity index is 990. The summed E-state index contributed by atoms with van der Waals surface area (Å²) in [7, 11) is -3.69. The fourth-order valence-electron chi connectivity index (χ4n) is 2.95. The van der Waals surface area contributed by atoms with E-state index in [0.29, 0.717) is 17.7 Å². The molecule has 1 heterocycles. The zero-order valence-electron chi connectivity index (χ0n) is 15.4. The minimum Gasteiger partial charge on any atom is -0.463 e. The second-order valence-corrected chi connectivity index (χ2v) is 9.28. The van der Waals surface area contributed by atoms with Gasteiger partial charge in [0.2, 0.25) is 10.0 Å². The number of benzene rings is 2. The zero-order chi connectivity index (χ0) is 20.1. The molecule has 0 saturated heterocycles. The average molecular weight is 512 g/mol. The molecule has 6 nitrogen and oxygen atoms in total. The Hall–Kier alpha value is -1.91. The average Bonchev–Trinajstić information content (AvgIpc) is 2.70. The standard InChI is InChI=1S/C20H21IN2O4S/c1-2-27-20(24)16-14-23(28(25,26)15-8-4-3-5-9-15)13-12-18(16)22-19-11-7-6-10-17(19)21/h3-11,22H,2,12-14H2,1H3. The first-order valence-electron chi connectivity index (χ1n) is 8.89. The van der Waals surface area contributed by atoms with Crippen LogP contribution in [0, 0.1) is 3.57 Å². The van der Waals surface area contributed by atoms with Crippen LogP contribution in [-0.2, 0) is 19.6 Å². The Morgan fingerprint density at radius 2 is 1.82 bits per heavy atom. The number of rotatable bonds is 6. The number of nitrogens with zero attached hydrogens (tertiary/aromatic N) is 1. The summed E-state index contributed by atoms with van der Waals surface area (Å²) in [6, 6.07) is 16.0. The van der Waals surface area contributed by atoms with Gasteiger partial charge in [0.15, 0.2) is 0 Å². The predicted molar refractivity (Wildman–Crippen MR) is 116 cm³/mol. The number of ether oxygens (including phenoxy) is 1. The minimum atomic E-state index is -3.69. The Labute approximate surface area is 178 Å². The molecule has 148 valence electrons. The molecule has 1 aliphatic rings. The molecule has 3 rings (SSSR count). The Morgan fingerprint density at radius 1 is 1.14 bits per heavy atom. The molecular weight excluding hydrogens is 491 g/mol. The van der Waals surface area contributed by atoms with Crippen molar-refractivity contribution >= 4 is 44.3 Å². The largest absolute Gasteiger partial charge is 0.463 e. The van der Waals surface area contributed by atoms with Crippen molar-refractivity contribution in [1.82, 2.24) is 4.31 Å². The van der Waals surface area contributed by atoms with E-state index >= 15 is 0 Å². The van der Waals surface area contributed by atoms with E-state index in [1.54, 1.807) is 37.3 Å². The van der Waals surface area contributed by atoms with Crippen molar-refractivity contribution in [3.63, 3.8) is 0 Å². The van der Waals surface area contributed by atoms with Gasteiger partial charge in [-0.3, -0.25) is 0 Å². The number of carbonyl (C=O) groups is 1. The summed E-state index contributed by atoms with van der Waals surface area (Å²) in [6.45, 7) is 2.21. The Morgan fingerprint density at radius 3 is 2.50 bits per heavy atom. The van der Waals surface area contributed by atoms with Crippen molar-refractivity contribution in [3.8, 4) is 0 Å². The van der Waals surface area contributed by atoms with Gasteiger partial charge in [0.05, 0.1) is 22.8 Å². The van der Waals surface area contributed by atoms with Crippen LogP contribution in [0.3, 0.4) is 0 Å². The van der Waals surface area contributed by atoms with Crippen molar-refractivity contribution in [2.45, 2.75) is 18.2 Å². The molecule has 0 aromatic heterocycles. The lowest BCUT2D eigenvalue weighted by Gasteiger charge is -2.30. The number of sulfonamides is 1. The highest BCUT2D eigenvalue weighted by Crippen LogP contribution is 2.28. The summed E-state index contributed by atoms with van der Waals surface area (Å²) in [5.41, 5.74) is 1.91. The van der Waals surface area contributed by atoms with Gasteiger partial charge in [-0.2, -0.15) is 4.31 Å². The van der Waals surface area contributed by atoms with Crippen molar-refractivity contribution in [1.29, 1.82) is 0 Å². The van der Waals surface area contributed by atoms with Gasteiger partial charge in [-0.25, -0.2) is 13.2 Å². The van der Waals surface area contributed by atoms with E-state index in [1.807, 2.05) is 24.3 Å². The van der Waals surface area contributed by atoms with Crippen LogP contribution in [0.5, 0.6) is 0 Å². The number of halogens is 1. The molecule has 0 amide bonds. The molecular formula is C20H21IN2O4S. The van der Waals surface area contributed by atoms with Crippen LogP contribution in [0.2, 0.25) is 0 Å². The van der Waals surface area contributed by atoms with Crippen molar-refractivity contribution in [2.75, 3.05) is 25.0 Å². The first-order valence-corrected chi connectivity index (χ1v) is 11.4. The van der Waals surface area contributed by atoms with Gasteiger partial charge in [-0.1, -0.05) is 30.3 Å². The lowest BCUT2D eigenvalue weighted by molar-refractivity contribution is -0.138. The number of nitrogens with one attached hydrogen (secondary N) is 1. The maximum Gasteiger partial charge on any atom is 0.337 e. The van der Waals surface area contributed by atoms with Crippen LogP contribution < -0.4 is 5.32 Å². The van der Waals surface area contributed by atoms with E-state index in [1.165, 1.54) is 4.31 Å². The van der Waals surface area contributed by atoms with E-state index in [4.69, 9.17) is 4.74 Å². The third-order valence-electron chi connectivity index (χ3n) is 4.37.